The SMILES string of the molecule is CNC1CCN(c2nc(-c3ccc(C#N)c(F)c3)c(-c3ccc(C)cc3)n(CCO)c2=O)CC1. The summed E-state index contributed by atoms with van der Waals surface area (Å²) in [5, 5.41) is 22.2. The maximum absolute atomic E-state index is 14.6. The number of nitrogens with zero attached hydrogens (tertiary/aromatic N) is 4. The first kappa shape index (κ1) is 23.6. The van der Waals surface area contributed by atoms with Crippen LogP contribution in [0, 0.1) is 24.1 Å². The molecule has 0 spiro atoms. The zero-order valence-corrected chi connectivity index (χ0v) is 19.4. The van der Waals surface area contributed by atoms with Crippen molar-refractivity contribution in [2.75, 3.05) is 31.6 Å². The number of benzene rings is 2. The quantitative estimate of drug-likeness (QED) is 0.586. The van der Waals surface area contributed by atoms with Crippen molar-refractivity contribution in [3.8, 4) is 28.6 Å². The van der Waals surface area contributed by atoms with Gasteiger partial charge in [-0.15, -0.1) is 0 Å². The highest BCUT2D eigenvalue weighted by molar-refractivity contribution is 5.80. The second kappa shape index (κ2) is 10.2. The molecule has 0 bridgehead atoms. The highest BCUT2D eigenvalue weighted by Crippen LogP contribution is 2.33. The number of rotatable bonds is 6. The summed E-state index contributed by atoms with van der Waals surface area (Å²) in [4.78, 5) is 20.4. The molecule has 176 valence electrons. The minimum atomic E-state index is -0.645. The number of aryl methyl sites for hydroxylation is 1. The maximum Gasteiger partial charge on any atom is 0.294 e. The van der Waals surface area contributed by atoms with Gasteiger partial charge in [0.15, 0.2) is 5.82 Å². The minimum absolute atomic E-state index is 0.0568. The first-order chi connectivity index (χ1) is 16.5. The Hall–Kier alpha value is -3.54. The lowest BCUT2D eigenvalue weighted by Gasteiger charge is -2.33. The lowest BCUT2D eigenvalue weighted by Crippen LogP contribution is -2.44. The molecule has 0 aliphatic carbocycles. The molecule has 3 aromatic rings. The molecule has 0 atom stereocenters. The summed E-state index contributed by atoms with van der Waals surface area (Å²) < 4.78 is 16.1. The Bertz CT molecular complexity index is 1270. The average molecular weight is 462 g/mol. The van der Waals surface area contributed by atoms with Gasteiger partial charge >= 0.3 is 0 Å². The summed E-state index contributed by atoms with van der Waals surface area (Å²) in [6.07, 6.45) is 1.75. The lowest BCUT2D eigenvalue weighted by atomic mass is 10.0. The smallest absolute Gasteiger partial charge is 0.294 e. The molecule has 0 unspecified atom stereocenters. The van der Waals surface area contributed by atoms with Crippen LogP contribution in [0.15, 0.2) is 47.3 Å². The Morgan fingerprint density at radius 2 is 1.85 bits per heavy atom. The normalized spacial score (nSPS) is 14.3. The summed E-state index contributed by atoms with van der Waals surface area (Å²) >= 11 is 0. The van der Waals surface area contributed by atoms with Crippen LogP contribution in [0.5, 0.6) is 0 Å². The van der Waals surface area contributed by atoms with E-state index in [1.54, 1.807) is 6.07 Å². The maximum atomic E-state index is 14.6. The predicted octanol–water partition coefficient (Wildman–Crippen LogP) is 3.08. The fourth-order valence-corrected chi connectivity index (χ4v) is 4.41. The van der Waals surface area contributed by atoms with Gasteiger partial charge in [0.25, 0.3) is 5.56 Å². The van der Waals surface area contributed by atoms with Crippen LogP contribution in [0.25, 0.3) is 22.5 Å². The van der Waals surface area contributed by atoms with Gasteiger partial charge in [-0.3, -0.25) is 4.79 Å². The summed E-state index contributed by atoms with van der Waals surface area (Å²) in [5.74, 6) is -0.355. The van der Waals surface area contributed by atoms with Crippen molar-refractivity contribution in [3.05, 3.63) is 69.8 Å². The number of aromatic nitrogens is 2. The van der Waals surface area contributed by atoms with Gasteiger partial charge in [-0.25, -0.2) is 9.37 Å². The number of hydrogen-bond acceptors (Lipinski definition) is 6. The standard InChI is InChI=1S/C26H28FN5O2/c1-17-3-5-18(6-4-17)24-23(19-7-8-20(16-28)22(27)15-19)30-25(26(34)32(24)13-14-33)31-11-9-21(29-2)10-12-31/h3-8,15,21,29,33H,9-14H2,1-2H3. The molecule has 2 heterocycles. The van der Waals surface area contributed by atoms with E-state index in [-0.39, 0.29) is 24.3 Å². The molecule has 1 aromatic heterocycles. The molecule has 34 heavy (non-hydrogen) atoms. The number of piperidine rings is 1. The summed E-state index contributed by atoms with van der Waals surface area (Å²) in [5.41, 5.74) is 2.86. The van der Waals surface area contributed by atoms with Gasteiger partial charge in [0.1, 0.15) is 11.9 Å². The molecule has 0 saturated carbocycles. The van der Waals surface area contributed by atoms with Crippen molar-refractivity contribution in [2.24, 2.45) is 0 Å². The van der Waals surface area contributed by atoms with Gasteiger partial charge in [0, 0.05) is 36.8 Å². The molecular formula is C26H28FN5O2. The van der Waals surface area contributed by atoms with Gasteiger partial charge in [0.2, 0.25) is 0 Å². The molecule has 0 radical (unpaired) electrons. The van der Waals surface area contributed by atoms with Crippen LogP contribution in [0.1, 0.15) is 24.0 Å². The number of nitrogens with one attached hydrogen (secondary N) is 1. The van der Waals surface area contributed by atoms with Crippen LogP contribution in [0.4, 0.5) is 10.2 Å². The fourth-order valence-electron chi connectivity index (χ4n) is 4.41. The molecule has 7 nitrogen and oxygen atoms in total. The van der Waals surface area contributed by atoms with Crippen molar-refractivity contribution < 1.29 is 9.50 Å². The average Bonchev–Trinajstić information content (AvgIpc) is 2.86. The molecule has 1 aliphatic rings. The number of halogens is 1. The zero-order chi connectivity index (χ0) is 24.2. The van der Waals surface area contributed by atoms with Crippen molar-refractivity contribution in [1.29, 1.82) is 5.26 Å². The Morgan fingerprint density at radius 1 is 1.18 bits per heavy atom. The van der Waals surface area contributed by atoms with E-state index in [2.05, 4.69) is 5.32 Å². The third-order valence-electron chi connectivity index (χ3n) is 6.36. The van der Waals surface area contributed by atoms with E-state index in [9.17, 15) is 14.3 Å². The molecule has 8 heteroatoms. The van der Waals surface area contributed by atoms with Crippen LogP contribution >= 0.6 is 0 Å². The molecule has 1 saturated heterocycles. The summed E-state index contributed by atoms with van der Waals surface area (Å²) in [6, 6.07) is 14.2. The Morgan fingerprint density at radius 3 is 2.44 bits per heavy atom. The van der Waals surface area contributed by atoms with Crippen LogP contribution in [0.3, 0.4) is 0 Å². The third kappa shape index (κ3) is 4.58. The van der Waals surface area contributed by atoms with Gasteiger partial charge in [0.05, 0.1) is 23.6 Å². The zero-order valence-electron chi connectivity index (χ0n) is 19.4. The molecule has 0 amide bonds. The number of nitriles is 1. The first-order valence-corrected chi connectivity index (χ1v) is 11.4. The fraction of sp³-hybridized carbons (Fsp3) is 0.346. The van der Waals surface area contributed by atoms with Gasteiger partial charge in [-0.1, -0.05) is 35.9 Å². The van der Waals surface area contributed by atoms with Gasteiger partial charge in [-0.2, -0.15) is 5.26 Å². The molecule has 1 aliphatic heterocycles. The summed E-state index contributed by atoms with van der Waals surface area (Å²) in [6.45, 7) is 3.15. The van der Waals surface area contributed by atoms with Crippen LogP contribution in [-0.2, 0) is 6.54 Å². The van der Waals surface area contributed by atoms with E-state index in [1.807, 2.05) is 49.2 Å². The van der Waals surface area contributed by atoms with Crippen molar-refractivity contribution in [1.82, 2.24) is 14.9 Å². The van der Waals surface area contributed by atoms with Crippen LogP contribution < -0.4 is 15.8 Å². The van der Waals surface area contributed by atoms with Crippen LogP contribution in [0.2, 0.25) is 0 Å². The molecule has 4 rings (SSSR count). The largest absolute Gasteiger partial charge is 0.395 e. The summed E-state index contributed by atoms with van der Waals surface area (Å²) in [7, 11) is 1.93. The Balaban J connectivity index is 1.96. The molecule has 1 fully saturated rings. The van der Waals surface area contributed by atoms with Crippen molar-refractivity contribution >= 4 is 5.82 Å². The number of anilines is 1. The first-order valence-electron chi connectivity index (χ1n) is 11.4. The number of aliphatic hydroxyl groups excluding tert-OH is 1. The van der Waals surface area contributed by atoms with Crippen molar-refractivity contribution in [3.63, 3.8) is 0 Å². The monoisotopic (exact) mass is 461 g/mol. The second-order valence-corrected chi connectivity index (χ2v) is 8.54. The van der Waals surface area contributed by atoms with Gasteiger partial charge in [-0.05, 0) is 38.9 Å². The van der Waals surface area contributed by atoms with Crippen LogP contribution in [-0.4, -0.2) is 47.4 Å². The number of aliphatic hydroxyl groups is 1. The van der Waals surface area contributed by atoms with E-state index in [0.717, 1.165) is 24.0 Å². The topological polar surface area (TPSA) is 94.2 Å². The van der Waals surface area contributed by atoms with Crippen molar-refractivity contribution in [2.45, 2.75) is 32.4 Å². The lowest BCUT2D eigenvalue weighted by molar-refractivity contribution is 0.275. The highest BCUT2D eigenvalue weighted by Gasteiger charge is 2.26. The van der Waals surface area contributed by atoms with E-state index >= 15 is 0 Å². The van der Waals surface area contributed by atoms with E-state index in [4.69, 9.17) is 10.2 Å². The Labute approximate surface area is 198 Å². The van der Waals surface area contributed by atoms with Gasteiger partial charge < -0.3 is 19.9 Å². The highest BCUT2D eigenvalue weighted by atomic mass is 19.1. The predicted molar refractivity (Wildman–Crippen MR) is 130 cm³/mol. The van der Waals surface area contributed by atoms with E-state index in [1.165, 1.54) is 16.7 Å². The van der Waals surface area contributed by atoms with E-state index in [0.29, 0.717) is 41.9 Å². The Kier molecular flexibility index (Phi) is 7.06. The van der Waals surface area contributed by atoms with E-state index < -0.39 is 5.82 Å². The third-order valence-corrected chi connectivity index (χ3v) is 6.36. The molecular weight excluding hydrogens is 433 g/mol. The number of hydrogen-bond donors (Lipinski definition) is 2. The minimum Gasteiger partial charge on any atom is -0.395 e. The second-order valence-electron chi connectivity index (χ2n) is 8.54. The molecule has 2 aromatic carbocycles. The molecule has 2 N–H and O–H groups in total.